The molecule has 0 unspecified atom stereocenters. The SMILES string of the molecule is O=C(CN1CCN(c2ccccn2)CC1)Nc1cccc2[nH]ccc12. The number of rotatable bonds is 4. The summed E-state index contributed by atoms with van der Waals surface area (Å²) < 4.78 is 0. The fraction of sp³-hybridized carbons (Fsp3) is 0.263. The number of aromatic nitrogens is 2. The summed E-state index contributed by atoms with van der Waals surface area (Å²) in [4.78, 5) is 24.4. The molecule has 4 rings (SSSR count). The fourth-order valence-electron chi connectivity index (χ4n) is 3.26. The van der Waals surface area contributed by atoms with E-state index in [2.05, 4.69) is 25.1 Å². The highest BCUT2D eigenvalue weighted by atomic mass is 16.2. The predicted octanol–water partition coefficient (Wildman–Crippen LogP) is 2.32. The van der Waals surface area contributed by atoms with E-state index in [0.717, 1.165) is 48.6 Å². The summed E-state index contributed by atoms with van der Waals surface area (Å²) in [5, 5.41) is 4.07. The first kappa shape index (κ1) is 15.7. The van der Waals surface area contributed by atoms with Crippen LogP contribution in [0.5, 0.6) is 0 Å². The Balaban J connectivity index is 1.33. The number of amides is 1. The number of hydrogen-bond donors (Lipinski definition) is 2. The van der Waals surface area contributed by atoms with Gasteiger partial charge in [0.05, 0.1) is 12.2 Å². The molecule has 128 valence electrons. The maximum Gasteiger partial charge on any atom is 0.238 e. The van der Waals surface area contributed by atoms with Gasteiger partial charge in [-0.1, -0.05) is 12.1 Å². The van der Waals surface area contributed by atoms with E-state index >= 15 is 0 Å². The van der Waals surface area contributed by atoms with Gasteiger partial charge in [-0.05, 0) is 30.3 Å². The molecule has 1 fully saturated rings. The van der Waals surface area contributed by atoms with Crippen molar-refractivity contribution in [3.8, 4) is 0 Å². The van der Waals surface area contributed by atoms with Crippen molar-refractivity contribution in [3.05, 3.63) is 54.9 Å². The van der Waals surface area contributed by atoms with Crippen molar-refractivity contribution in [2.24, 2.45) is 0 Å². The number of nitrogens with zero attached hydrogens (tertiary/aromatic N) is 3. The van der Waals surface area contributed by atoms with Crippen LogP contribution in [0.3, 0.4) is 0 Å². The Kier molecular flexibility index (Phi) is 4.35. The van der Waals surface area contributed by atoms with Crippen LogP contribution in [0, 0.1) is 0 Å². The topological polar surface area (TPSA) is 64.3 Å². The zero-order valence-electron chi connectivity index (χ0n) is 14.0. The number of hydrogen-bond acceptors (Lipinski definition) is 4. The van der Waals surface area contributed by atoms with Crippen molar-refractivity contribution >= 4 is 28.3 Å². The number of fused-ring (bicyclic) bond motifs is 1. The van der Waals surface area contributed by atoms with E-state index in [4.69, 9.17) is 0 Å². The van der Waals surface area contributed by atoms with Crippen molar-refractivity contribution in [2.75, 3.05) is 42.9 Å². The average Bonchev–Trinajstić information content (AvgIpc) is 3.13. The number of nitrogens with one attached hydrogen (secondary N) is 2. The highest BCUT2D eigenvalue weighted by molar-refractivity contribution is 6.01. The minimum absolute atomic E-state index is 0.0278. The van der Waals surface area contributed by atoms with Gasteiger partial charge in [0, 0.05) is 49.5 Å². The van der Waals surface area contributed by atoms with Crippen LogP contribution < -0.4 is 10.2 Å². The first-order chi connectivity index (χ1) is 12.3. The molecule has 3 aromatic rings. The van der Waals surface area contributed by atoms with Crippen LogP contribution in [0.1, 0.15) is 0 Å². The highest BCUT2D eigenvalue weighted by Crippen LogP contribution is 2.22. The van der Waals surface area contributed by atoms with Crippen molar-refractivity contribution in [2.45, 2.75) is 0 Å². The van der Waals surface area contributed by atoms with Gasteiger partial charge in [0.25, 0.3) is 0 Å². The van der Waals surface area contributed by atoms with Crippen LogP contribution in [-0.4, -0.2) is 53.5 Å². The number of piperazine rings is 1. The molecule has 0 saturated carbocycles. The van der Waals surface area contributed by atoms with Gasteiger partial charge in [-0.3, -0.25) is 9.69 Å². The minimum atomic E-state index is 0.0278. The second kappa shape index (κ2) is 6.94. The zero-order valence-corrected chi connectivity index (χ0v) is 14.0. The standard InChI is InChI=1S/C19H21N5O/c25-19(22-17-5-3-4-16-15(17)7-9-20-16)14-23-10-12-24(13-11-23)18-6-1-2-8-21-18/h1-9,20H,10-14H2,(H,22,25). The van der Waals surface area contributed by atoms with Gasteiger partial charge in [-0.25, -0.2) is 4.98 Å². The Hall–Kier alpha value is -2.86. The van der Waals surface area contributed by atoms with Crippen molar-refractivity contribution in [1.29, 1.82) is 0 Å². The second-order valence-electron chi connectivity index (χ2n) is 6.24. The first-order valence-electron chi connectivity index (χ1n) is 8.54. The lowest BCUT2D eigenvalue weighted by Crippen LogP contribution is -2.48. The summed E-state index contributed by atoms with van der Waals surface area (Å²) in [6.45, 7) is 3.91. The van der Waals surface area contributed by atoms with Crippen molar-refractivity contribution < 1.29 is 4.79 Å². The summed E-state index contributed by atoms with van der Waals surface area (Å²) in [5.41, 5.74) is 1.89. The molecule has 1 aliphatic rings. The number of pyridine rings is 1. The Morgan fingerprint density at radius 2 is 1.96 bits per heavy atom. The Bertz CT molecular complexity index is 852. The van der Waals surface area contributed by atoms with Gasteiger partial charge < -0.3 is 15.2 Å². The van der Waals surface area contributed by atoms with E-state index in [0.29, 0.717) is 6.54 Å². The van der Waals surface area contributed by atoms with Crippen LogP contribution in [0.25, 0.3) is 10.9 Å². The maximum absolute atomic E-state index is 12.4. The number of carbonyl (C=O) groups is 1. The maximum atomic E-state index is 12.4. The summed E-state index contributed by atoms with van der Waals surface area (Å²) >= 11 is 0. The van der Waals surface area contributed by atoms with Gasteiger partial charge in [0.2, 0.25) is 5.91 Å². The molecule has 0 spiro atoms. The van der Waals surface area contributed by atoms with E-state index < -0.39 is 0 Å². The van der Waals surface area contributed by atoms with Gasteiger partial charge in [-0.2, -0.15) is 0 Å². The summed E-state index contributed by atoms with van der Waals surface area (Å²) in [6, 6.07) is 13.8. The Morgan fingerprint density at radius 1 is 1.08 bits per heavy atom. The smallest absolute Gasteiger partial charge is 0.238 e. The van der Waals surface area contributed by atoms with Crippen LogP contribution >= 0.6 is 0 Å². The largest absolute Gasteiger partial charge is 0.361 e. The number of anilines is 2. The van der Waals surface area contributed by atoms with E-state index in [9.17, 15) is 4.79 Å². The molecule has 0 radical (unpaired) electrons. The minimum Gasteiger partial charge on any atom is -0.361 e. The van der Waals surface area contributed by atoms with Gasteiger partial charge >= 0.3 is 0 Å². The number of carbonyl (C=O) groups excluding carboxylic acids is 1. The summed E-state index contributed by atoms with van der Waals surface area (Å²) in [7, 11) is 0. The monoisotopic (exact) mass is 335 g/mol. The molecule has 0 bridgehead atoms. The summed E-state index contributed by atoms with van der Waals surface area (Å²) in [6.07, 6.45) is 3.70. The number of aromatic amines is 1. The van der Waals surface area contributed by atoms with E-state index in [1.165, 1.54) is 0 Å². The molecule has 1 aromatic carbocycles. The molecule has 6 heteroatoms. The quantitative estimate of drug-likeness (QED) is 0.768. The molecular formula is C19H21N5O. The fourth-order valence-corrected chi connectivity index (χ4v) is 3.26. The molecule has 1 saturated heterocycles. The third-order valence-corrected chi connectivity index (χ3v) is 4.58. The molecule has 0 aliphatic carbocycles. The van der Waals surface area contributed by atoms with Gasteiger partial charge in [0.15, 0.2) is 0 Å². The van der Waals surface area contributed by atoms with E-state index in [-0.39, 0.29) is 5.91 Å². The Labute approximate surface area is 146 Å². The molecule has 0 atom stereocenters. The second-order valence-corrected chi connectivity index (χ2v) is 6.24. The summed E-state index contributed by atoms with van der Waals surface area (Å²) in [5.74, 6) is 1.03. The lowest BCUT2D eigenvalue weighted by Gasteiger charge is -2.34. The van der Waals surface area contributed by atoms with Crippen molar-refractivity contribution in [3.63, 3.8) is 0 Å². The normalized spacial score (nSPS) is 15.4. The van der Waals surface area contributed by atoms with E-state index in [1.54, 1.807) is 0 Å². The molecule has 2 aromatic heterocycles. The number of H-pyrrole nitrogens is 1. The number of benzene rings is 1. The molecule has 2 N–H and O–H groups in total. The van der Waals surface area contributed by atoms with Gasteiger partial charge in [0.1, 0.15) is 5.82 Å². The zero-order chi connectivity index (χ0) is 17.1. The molecule has 6 nitrogen and oxygen atoms in total. The molecule has 1 aliphatic heterocycles. The van der Waals surface area contributed by atoms with E-state index in [1.807, 2.05) is 54.9 Å². The highest BCUT2D eigenvalue weighted by Gasteiger charge is 2.20. The van der Waals surface area contributed by atoms with Crippen LogP contribution in [0.4, 0.5) is 11.5 Å². The molecule has 1 amide bonds. The first-order valence-corrected chi connectivity index (χ1v) is 8.54. The molecular weight excluding hydrogens is 314 g/mol. The van der Waals surface area contributed by atoms with Crippen LogP contribution in [0.2, 0.25) is 0 Å². The Morgan fingerprint density at radius 3 is 2.76 bits per heavy atom. The lowest BCUT2D eigenvalue weighted by molar-refractivity contribution is -0.117. The third kappa shape index (κ3) is 3.49. The third-order valence-electron chi connectivity index (χ3n) is 4.58. The van der Waals surface area contributed by atoms with Crippen LogP contribution in [-0.2, 0) is 4.79 Å². The lowest BCUT2D eigenvalue weighted by atomic mass is 10.2. The van der Waals surface area contributed by atoms with Crippen LogP contribution in [0.15, 0.2) is 54.9 Å². The average molecular weight is 335 g/mol. The molecule has 25 heavy (non-hydrogen) atoms. The predicted molar refractivity (Wildman–Crippen MR) is 99.8 cm³/mol. The van der Waals surface area contributed by atoms with Gasteiger partial charge in [-0.15, -0.1) is 0 Å². The van der Waals surface area contributed by atoms with Crippen molar-refractivity contribution in [1.82, 2.24) is 14.9 Å². The molecule has 3 heterocycles.